The molecule has 0 saturated heterocycles. The molecule has 0 aliphatic heterocycles. The number of nitrogens with two attached hydrogens (primary N) is 1. The number of esters is 1. The first kappa shape index (κ1) is 25.9. The number of hydrogen-bond acceptors (Lipinski definition) is 9. The van der Waals surface area contributed by atoms with Gasteiger partial charge in [-0.1, -0.05) is 0 Å². The normalized spacial score (nSPS) is 11.4. The fourth-order valence-corrected chi connectivity index (χ4v) is 4.93. The number of fused-ring (bicyclic) bond motifs is 2. The largest absolute Gasteiger partial charge is 0.508 e. The molecule has 0 aliphatic carbocycles. The van der Waals surface area contributed by atoms with Gasteiger partial charge in [-0.15, -0.1) is 0 Å². The lowest BCUT2D eigenvalue weighted by atomic mass is 10.0. The predicted molar refractivity (Wildman–Crippen MR) is 150 cm³/mol. The summed E-state index contributed by atoms with van der Waals surface area (Å²) in [6.45, 7) is 5.99. The number of ether oxygens (including phenoxy) is 1. The fourth-order valence-electron chi connectivity index (χ4n) is 4.93. The number of anilines is 1. The summed E-state index contributed by atoms with van der Waals surface area (Å²) in [5.41, 5.74) is 11.6. The van der Waals surface area contributed by atoms with Crippen LogP contribution in [0.5, 0.6) is 5.75 Å². The van der Waals surface area contributed by atoms with Gasteiger partial charge in [-0.2, -0.15) is 10.2 Å². The molecular formula is C29H25FN8O3. The van der Waals surface area contributed by atoms with Gasteiger partial charge in [0.1, 0.15) is 36.0 Å². The number of phenolic OH excluding ortho intramolecular Hbond substituents is 1. The van der Waals surface area contributed by atoms with E-state index in [4.69, 9.17) is 20.6 Å². The molecule has 0 unspecified atom stereocenters. The molecule has 0 bridgehead atoms. The minimum atomic E-state index is -0.625. The Hall–Kier alpha value is -5.39. The van der Waals surface area contributed by atoms with Crippen molar-refractivity contribution in [1.29, 1.82) is 0 Å². The van der Waals surface area contributed by atoms with E-state index < -0.39 is 11.8 Å². The zero-order chi connectivity index (χ0) is 28.8. The van der Waals surface area contributed by atoms with Crippen molar-refractivity contribution < 1.29 is 19.0 Å². The molecule has 0 spiro atoms. The van der Waals surface area contributed by atoms with E-state index >= 15 is 0 Å². The highest BCUT2D eigenvalue weighted by atomic mass is 19.1. The van der Waals surface area contributed by atoms with Gasteiger partial charge in [-0.25, -0.2) is 33.3 Å². The summed E-state index contributed by atoms with van der Waals surface area (Å²) < 4.78 is 22.7. The Labute approximate surface area is 233 Å². The number of halogens is 1. The van der Waals surface area contributed by atoms with Crippen LogP contribution in [0, 0.1) is 19.7 Å². The number of benzene rings is 2. The lowest BCUT2D eigenvalue weighted by Gasteiger charge is -2.11. The van der Waals surface area contributed by atoms with E-state index in [9.17, 15) is 14.3 Å². The lowest BCUT2D eigenvalue weighted by Crippen LogP contribution is -2.11. The smallest absolute Gasteiger partial charge is 0.338 e. The molecule has 3 N–H and O–H groups in total. The third-order valence-electron chi connectivity index (χ3n) is 6.62. The molecule has 0 radical (unpaired) electrons. The molecule has 11 nitrogen and oxygen atoms in total. The molecule has 0 atom stereocenters. The molecule has 12 heteroatoms. The molecule has 41 heavy (non-hydrogen) atoms. The Kier molecular flexibility index (Phi) is 6.29. The third kappa shape index (κ3) is 4.69. The number of aromatic nitrogens is 7. The van der Waals surface area contributed by atoms with E-state index in [0.717, 1.165) is 28.3 Å². The Bertz CT molecular complexity index is 1960. The van der Waals surface area contributed by atoms with Gasteiger partial charge in [0.15, 0.2) is 11.5 Å². The maximum atomic E-state index is 14.2. The number of aromatic hydroxyl groups is 1. The first-order valence-corrected chi connectivity index (χ1v) is 12.8. The first-order chi connectivity index (χ1) is 19.7. The molecule has 0 saturated carbocycles. The second-order valence-corrected chi connectivity index (χ2v) is 9.64. The van der Waals surface area contributed by atoms with Crippen LogP contribution in [0.3, 0.4) is 0 Å². The van der Waals surface area contributed by atoms with Crippen molar-refractivity contribution in [2.75, 3.05) is 12.3 Å². The summed E-state index contributed by atoms with van der Waals surface area (Å²) >= 11 is 0. The Morgan fingerprint density at radius 2 is 1.85 bits per heavy atom. The average molecular weight is 553 g/mol. The summed E-state index contributed by atoms with van der Waals surface area (Å²) in [6, 6.07) is 11.1. The predicted octanol–water partition coefficient (Wildman–Crippen LogP) is 4.47. The van der Waals surface area contributed by atoms with Crippen molar-refractivity contribution in [3.8, 4) is 28.3 Å². The lowest BCUT2D eigenvalue weighted by molar-refractivity contribution is 0.0526. The van der Waals surface area contributed by atoms with E-state index in [2.05, 4.69) is 15.1 Å². The molecule has 206 valence electrons. The summed E-state index contributed by atoms with van der Waals surface area (Å²) in [7, 11) is 0. The Balaban J connectivity index is 1.51. The average Bonchev–Trinajstić information content (AvgIpc) is 3.49. The van der Waals surface area contributed by atoms with Crippen LogP contribution in [0.4, 0.5) is 10.2 Å². The van der Waals surface area contributed by atoms with Gasteiger partial charge in [-0.3, -0.25) is 0 Å². The van der Waals surface area contributed by atoms with Crippen molar-refractivity contribution >= 4 is 28.3 Å². The van der Waals surface area contributed by atoms with E-state index in [1.54, 1.807) is 28.3 Å². The summed E-state index contributed by atoms with van der Waals surface area (Å²) in [5.74, 6) is -0.729. The van der Waals surface area contributed by atoms with Crippen LogP contribution in [0.15, 0.2) is 55.0 Å². The van der Waals surface area contributed by atoms with Gasteiger partial charge >= 0.3 is 5.97 Å². The van der Waals surface area contributed by atoms with E-state index in [-0.39, 0.29) is 24.7 Å². The first-order valence-electron chi connectivity index (χ1n) is 12.8. The zero-order valence-corrected chi connectivity index (χ0v) is 22.5. The van der Waals surface area contributed by atoms with Crippen LogP contribution < -0.4 is 5.73 Å². The zero-order valence-electron chi connectivity index (χ0n) is 22.5. The number of aryl methyl sites for hydroxylation is 2. The molecule has 2 aromatic carbocycles. The number of nitrogens with zero attached hydrogens (tertiary/aromatic N) is 7. The van der Waals surface area contributed by atoms with Gasteiger partial charge in [0, 0.05) is 23.4 Å². The van der Waals surface area contributed by atoms with Crippen LogP contribution >= 0.6 is 0 Å². The van der Waals surface area contributed by atoms with Gasteiger partial charge in [0.2, 0.25) is 0 Å². The number of rotatable bonds is 6. The van der Waals surface area contributed by atoms with Gasteiger partial charge in [0.25, 0.3) is 0 Å². The van der Waals surface area contributed by atoms with Crippen molar-refractivity contribution in [3.05, 3.63) is 83.3 Å². The van der Waals surface area contributed by atoms with Gasteiger partial charge < -0.3 is 15.6 Å². The summed E-state index contributed by atoms with van der Waals surface area (Å²) in [5, 5.41) is 19.8. The van der Waals surface area contributed by atoms with Gasteiger partial charge in [0.05, 0.1) is 28.8 Å². The maximum absolute atomic E-state index is 14.2. The summed E-state index contributed by atoms with van der Waals surface area (Å²) in [4.78, 5) is 25.9. The van der Waals surface area contributed by atoms with Gasteiger partial charge in [-0.05, 0) is 68.3 Å². The minimum absolute atomic E-state index is 0.0883. The van der Waals surface area contributed by atoms with Crippen LogP contribution in [0.1, 0.15) is 34.2 Å². The second-order valence-electron chi connectivity index (χ2n) is 9.64. The standard InChI is InChI=1S/C29H25FN8O3/c1-4-41-29(40)19-8-15(2)7-17(9-19)25-26-16(3)5-6-37(26)35-22(34-25)13-38-28-23(27(31)32-14-33-28)24(36-38)18-10-20(30)12-21(39)11-18/h5-12,14,39H,4,13H2,1-3H3,(H2,31,32,33). The monoisotopic (exact) mass is 552 g/mol. The molecule has 0 fully saturated rings. The molecule has 0 amide bonds. The number of phenols is 1. The molecule has 0 aliphatic rings. The third-order valence-corrected chi connectivity index (χ3v) is 6.62. The number of carbonyl (C=O) groups is 1. The quantitative estimate of drug-likeness (QED) is 0.286. The van der Waals surface area contributed by atoms with E-state index in [1.165, 1.54) is 18.5 Å². The van der Waals surface area contributed by atoms with Crippen LogP contribution in [0.25, 0.3) is 39.1 Å². The SMILES string of the molecule is CCOC(=O)c1cc(C)cc(-c2nc(Cn3nc(-c4cc(O)cc(F)c4)c4c(N)ncnc43)nn3ccc(C)c23)c1. The molecule has 6 aromatic rings. The minimum Gasteiger partial charge on any atom is -0.508 e. The highest BCUT2D eigenvalue weighted by Gasteiger charge is 2.21. The summed E-state index contributed by atoms with van der Waals surface area (Å²) in [6.07, 6.45) is 3.15. The van der Waals surface area contributed by atoms with Crippen LogP contribution in [-0.2, 0) is 11.3 Å². The van der Waals surface area contributed by atoms with Crippen molar-refractivity contribution in [1.82, 2.24) is 34.3 Å². The topological polar surface area (TPSA) is 146 Å². The number of carbonyl (C=O) groups excluding carboxylic acids is 1. The second kappa shape index (κ2) is 9.97. The molecular weight excluding hydrogens is 527 g/mol. The molecule has 6 rings (SSSR count). The highest BCUT2D eigenvalue weighted by molar-refractivity contribution is 5.98. The van der Waals surface area contributed by atoms with E-state index in [1.807, 2.05) is 32.2 Å². The molecule has 4 aromatic heterocycles. The van der Waals surface area contributed by atoms with Crippen LogP contribution in [-0.4, -0.2) is 52.0 Å². The highest BCUT2D eigenvalue weighted by Crippen LogP contribution is 2.33. The van der Waals surface area contributed by atoms with Crippen molar-refractivity contribution in [2.45, 2.75) is 27.3 Å². The number of nitrogen functional groups attached to an aromatic ring is 1. The van der Waals surface area contributed by atoms with E-state index in [0.29, 0.717) is 39.4 Å². The van der Waals surface area contributed by atoms with Crippen LogP contribution in [0.2, 0.25) is 0 Å². The Morgan fingerprint density at radius 3 is 2.63 bits per heavy atom. The Morgan fingerprint density at radius 1 is 1.05 bits per heavy atom. The van der Waals surface area contributed by atoms with Crippen molar-refractivity contribution in [3.63, 3.8) is 0 Å². The van der Waals surface area contributed by atoms with Crippen molar-refractivity contribution in [2.24, 2.45) is 0 Å². The number of hydrogen-bond donors (Lipinski definition) is 2. The molecule has 4 heterocycles. The maximum Gasteiger partial charge on any atom is 0.338 e. The fraction of sp³-hybridized carbons (Fsp3) is 0.172.